The van der Waals surface area contributed by atoms with Gasteiger partial charge >= 0.3 is 0 Å². The van der Waals surface area contributed by atoms with Crippen molar-refractivity contribution in [1.29, 1.82) is 0 Å². The van der Waals surface area contributed by atoms with Gasteiger partial charge < -0.3 is 0 Å². The van der Waals surface area contributed by atoms with Crippen molar-refractivity contribution in [1.82, 2.24) is 9.97 Å². The maximum Gasteiger partial charge on any atom is 0.259 e. The molecule has 1 aliphatic carbocycles. The number of nitrogens with one attached hydrogen (secondary N) is 1. The second-order valence-electron chi connectivity index (χ2n) is 5.81. The third kappa shape index (κ3) is 2.84. The first-order valence-corrected chi connectivity index (χ1v) is 8.75. The van der Waals surface area contributed by atoms with Crippen LogP contribution in [0.4, 0.5) is 5.13 Å². The third-order valence-corrected chi connectivity index (χ3v) is 5.30. The van der Waals surface area contributed by atoms with Gasteiger partial charge in [-0.05, 0) is 31.1 Å². The number of thiazole rings is 1. The second-order valence-corrected chi connectivity index (χ2v) is 6.90. The number of anilines is 1. The van der Waals surface area contributed by atoms with Crippen molar-refractivity contribution in [3.63, 3.8) is 0 Å². The molecule has 2 aromatic heterocycles. The molecule has 5 heteroatoms. The van der Waals surface area contributed by atoms with Crippen LogP contribution in [0.2, 0.25) is 0 Å². The zero-order valence-corrected chi connectivity index (χ0v) is 13.5. The number of nitrogens with zero attached hydrogens (tertiary/aromatic N) is 2. The maximum absolute atomic E-state index is 12.6. The largest absolute Gasteiger partial charge is 0.298 e. The van der Waals surface area contributed by atoms with Gasteiger partial charge in [0.05, 0.1) is 11.3 Å². The summed E-state index contributed by atoms with van der Waals surface area (Å²) < 4.78 is 0. The topological polar surface area (TPSA) is 54.9 Å². The van der Waals surface area contributed by atoms with Crippen molar-refractivity contribution in [2.75, 3.05) is 5.32 Å². The predicted octanol–water partition coefficient (Wildman–Crippen LogP) is 4.21. The summed E-state index contributed by atoms with van der Waals surface area (Å²) in [5.41, 5.74) is 1.76. The van der Waals surface area contributed by atoms with E-state index in [-0.39, 0.29) is 5.91 Å². The molecule has 1 aliphatic rings. The number of fused-ring (bicyclic) bond motifs is 2. The predicted molar refractivity (Wildman–Crippen MR) is 93.1 cm³/mol. The lowest BCUT2D eigenvalue weighted by atomic mass is 10.1. The van der Waals surface area contributed by atoms with Crippen LogP contribution in [0.3, 0.4) is 0 Å². The Labute approximate surface area is 138 Å². The van der Waals surface area contributed by atoms with Gasteiger partial charge in [0.1, 0.15) is 0 Å². The highest BCUT2D eigenvalue weighted by atomic mass is 32.1. The van der Waals surface area contributed by atoms with E-state index in [1.165, 1.54) is 29.8 Å². The Morgan fingerprint density at radius 3 is 2.91 bits per heavy atom. The summed E-state index contributed by atoms with van der Waals surface area (Å²) in [5.74, 6) is -0.141. The zero-order valence-electron chi connectivity index (χ0n) is 12.7. The number of rotatable bonds is 2. The van der Waals surface area contributed by atoms with Gasteiger partial charge in [-0.1, -0.05) is 30.7 Å². The van der Waals surface area contributed by atoms with E-state index in [1.54, 1.807) is 23.7 Å². The van der Waals surface area contributed by atoms with Gasteiger partial charge in [0.2, 0.25) is 0 Å². The average Bonchev–Trinajstić information content (AvgIpc) is 2.82. The van der Waals surface area contributed by atoms with Crippen LogP contribution in [0.15, 0.2) is 36.7 Å². The monoisotopic (exact) mass is 323 g/mol. The minimum atomic E-state index is -0.141. The van der Waals surface area contributed by atoms with Gasteiger partial charge in [-0.2, -0.15) is 0 Å². The first-order valence-electron chi connectivity index (χ1n) is 7.94. The Morgan fingerprint density at radius 1 is 1.09 bits per heavy atom. The van der Waals surface area contributed by atoms with Crippen molar-refractivity contribution in [2.24, 2.45) is 0 Å². The molecule has 1 aromatic carbocycles. The van der Waals surface area contributed by atoms with Crippen molar-refractivity contribution in [2.45, 2.75) is 32.1 Å². The number of hydrogen-bond acceptors (Lipinski definition) is 4. The van der Waals surface area contributed by atoms with Crippen molar-refractivity contribution in [3.05, 3.63) is 52.8 Å². The molecule has 0 aliphatic heterocycles. The Hall–Kier alpha value is -2.27. The number of aryl methyl sites for hydroxylation is 2. The molecule has 1 amide bonds. The lowest BCUT2D eigenvalue weighted by Crippen LogP contribution is -2.12. The molecule has 0 unspecified atom stereocenters. The lowest BCUT2D eigenvalue weighted by Gasteiger charge is -2.05. The first-order chi connectivity index (χ1) is 11.3. The molecule has 0 radical (unpaired) electrons. The number of amides is 1. The minimum Gasteiger partial charge on any atom is -0.298 e. The molecule has 1 N–H and O–H groups in total. The van der Waals surface area contributed by atoms with Crippen LogP contribution in [0, 0.1) is 0 Å². The van der Waals surface area contributed by atoms with Gasteiger partial charge in [-0.15, -0.1) is 11.3 Å². The van der Waals surface area contributed by atoms with Crippen molar-refractivity contribution < 1.29 is 4.79 Å². The van der Waals surface area contributed by atoms with Crippen LogP contribution >= 0.6 is 11.3 Å². The number of aromatic nitrogens is 2. The smallest absolute Gasteiger partial charge is 0.259 e. The van der Waals surface area contributed by atoms with E-state index in [0.717, 1.165) is 23.6 Å². The fourth-order valence-electron chi connectivity index (χ4n) is 3.04. The summed E-state index contributed by atoms with van der Waals surface area (Å²) in [4.78, 5) is 22.7. The van der Waals surface area contributed by atoms with Crippen molar-refractivity contribution in [3.8, 4) is 0 Å². The molecule has 0 atom stereocenters. The molecule has 0 bridgehead atoms. The zero-order chi connectivity index (χ0) is 15.6. The molecule has 4 rings (SSSR count). The summed E-state index contributed by atoms with van der Waals surface area (Å²) in [6, 6.07) is 7.79. The highest BCUT2D eigenvalue weighted by molar-refractivity contribution is 7.15. The van der Waals surface area contributed by atoms with Gasteiger partial charge in [-0.3, -0.25) is 15.1 Å². The highest BCUT2D eigenvalue weighted by Crippen LogP contribution is 2.29. The first kappa shape index (κ1) is 14.3. The third-order valence-electron chi connectivity index (χ3n) is 4.23. The SMILES string of the molecule is O=C(Nc1nc2c(s1)CCCCC2)c1cncc2ccccc12. The van der Waals surface area contributed by atoms with Crippen LogP contribution in [0.1, 0.15) is 40.2 Å². The summed E-state index contributed by atoms with van der Waals surface area (Å²) in [7, 11) is 0. The molecule has 116 valence electrons. The summed E-state index contributed by atoms with van der Waals surface area (Å²) in [5, 5.41) is 5.54. The van der Waals surface area contributed by atoms with Crippen LogP contribution < -0.4 is 5.32 Å². The van der Waals surface area contributed by atoms with E-state index in [1.807, 2.05) is 24.3 Å². The summed E-state index contributed by atoms with van der Waals surface area (Å²) in [6.07, 6.45) is 9.18. The van der Waals surface area contributed by atoms with E-state index < -0.39 is 0 Å². The highest BCUT2D eigenvalue weighted by Gasteiger charge is 2.17. The molecular formula is C18H17N3OS. The molecule has 0 saturated carbocycles. The number of hydrogen-bond donors (Lipinski definition) is 1. The standard InChI is InChI=1S/C18H17N3OS/c22-17(14-11-19-10-12-6-4-5-7-13(12)14)21-18-20-15-8-2-1-3-9-16(15)23-18/h4-7,10-11H,1-3,8-9H2,(H,20,21,22). The number of pyridine rings is 1. The van der Waals surface area contributed by atoms with Crippen molar-refractivity contribution >= 4 is 33.1 Å². The molecule has 23 heavy (non-hydrogen) atoms. The van der Waals surface area contributed by atoms with Crippen LogP contribution in [-0.4, -0.2) is 15.9 Å². The molecule has 3 aromatic rings. The molecular weight excluding hydrogens is 306 g/mol. The molecule has 0 fully saturated rings. The van der Waals surface area contributed by atoms with Crippen LogP contribution in [0.25, 0.3) is 10.8 Å². The number of benzene rings is 1. The Kier molecular flexibility index (Phi) is 3.79. The van der Waals surface area contributed by atoms with Gasteiger partial charge in [0.15, 0.2) is 5.13 Å². The fourth-order valence-corrected chi connectivity index (χ4v) is 4.09. The molecule has 2 heterocycles. The number of carbonyl (C=O) groups is 1. The van der Waals surface area contributed by atoms with E-state index in [2.05, 4.69) is 15.3 Å². The normalized spacial score (nSPS) is 14.3. The van der Waals surface area contributed by atoms with Crippen LogP contribution in [0.5, 0.6) is 0 Å². The summed E-state index contributed by atoms with van der Waals surface area (Å²) >= 11 is 1.61. The van der Waals surface area contributed by atoms with Gasteiger partial charge in [0.25, 0.3) is 5.91 Å². The van der Waals surface area contributed by atoms with Gasteiger partial charge in [-0.25, -0.2) is 4.98 Å². The van der Waals surface area contributed by atoms with E-state index in [9.17, 15) is 4.79 Å². The Bertz CT molecular complexity index is 843. The maximum atomic E-state index is 12.6. The summed E-state index contributed by atoms with van der Waals surface area (Å²) in [6.45, 7) is 0. The van der Waals surface area contributed by atoms with Crippen LogP contribution in [-0.2, 0) is 12.8 Å². The van der Waals surface area contributed by atoms with Gasteiger partial charge in [0, 0.05) is 22.7 Å². The molecule has 0 spiro atoms. The molecule has 4 nitrogen and oxygen atoms in total. The Morgan fingerprint density at radius 2 is 1.96 bits per heavy atom. The molecule has 0 saturated heterocycles. The van der Waals surface area contributed by atoms with E-state index in [0.29, 0.717) is 10.7 Å². The Balaban J connectivity index is 1.62. The minimum absolute atomic E-state index is 0.141. The average molecular weight is 323 g/mol. The van der Waals surface area contributed by atoms with E-state index in [4.69, 9.17) is 0 Å². The lowest BCUT2D eigenvalue weighted by molar-refractivity contribution is 0.102. The quantitative estimate of drug-likeness (QED) is 0.719. The fraction of sp³-hybridized carbons (Fsp3) is 0.278. The number of carbonyl (C=O) groups excluding carboxylic acids is 1. The second kappa shape index (κ2) is 6.08. The van der Waals surface area contributed by atoms with E-state index >= 15 is 0 Å².